The Balaban J connectivity index is 1.98. The average molecular weight is 506 g/mol. The Hall–Kier alpha value is -3.83. The van der Waals surface area contributed by atoms with Gasteiger partial charge in [-0.25, -0.2) is 9.18 Å². The number of nitro groups is 1. The SMILES string of the molecule is CCOC(=O)c1c(NC(=O)c2ccc(Cl)c([N+](=O)[O-])c2)sc(C(=O)Nc2ccccc2F)c1C. The van der Waals surface area contributed by atoms with Crippen LogP contribution in [0, 0.1) is 22.9 Å². The monoisotopic (exact) mass is 505 g/mol. The van der Waals surface area contributed by atoms with Gasteiger partial charge in [0.2, 0.25) is 0 Å². The molecule has 2 aromatic carbocycles. The summed E-state index contributed by atoms with van der Waals surface area (Å²) in [5.41, 5.74) is -0.448. The van der Waals surface area contributed by atoms with Crippen molar-refractivity contribution in [2.24, 2.45) is 0 Å². The molecule has 0 atom stereocenters. The van der Waals surface area contributed by atoms with Gasteiger partial charge in [-0.1, -0.05) is 23.7 Å². The molecule has 0 saturated heterocycles. The lowest BCUT2D eigenvalue weighted by molar-refractivity contribution is -0.384. The summed E-state index contributed by atoms with van der Waals surface area (Å²) in [6, 6.07) is 9.04. The van der Waals surface area contributed by atoms with Crippen LogP contribution in [0.3, 0.4) is 0 Å². The van der Waals surface area contributed by atoms with Crippen molar-refractivity contribution in [3.05, 3.63) is 85.0 Å². The molecule has 1 heterocycles. The molecule has 1 aromatic heterocycles. The molecule has 0 aliphatic heterocycles. The minimum absolute atomic E-state index is 0.00256. The van der Waals surface area contributed by atoms with E-state index in [9.17, 15) is 28.9 Å². The van der Waals surface area contributed by atoms with Gasteiger partial charge in [0.1, 0.15) is 15.8 Å². The summed E-state index contributed by atoms with van der Waals surface area (Å²) in [6.45, 7) is 3.12. The lowest BCUT2D eigenvalue weighted by Gasteiger charge is -2.07. The van der Waals surface area contributed by atoms with E-state index >= 15 is 0 Å². The van der Waals surface area contributed by atoms with Crippen molar-refractivity contribution in [2.75, 3.05) is 17.2 Å². The number of thiophene rings is 1. The van der Waals surface area contributed by atoms with Gasteiger partial charge < -0.3 is 15.4 Å². The standard InChI is InChI=1S/C22H17ClFN3O6S/c1-3-33-22(30)17-11(2)18(20(29)25-15-7-5-4-6-14(15)24)34-21(17)26-19(28)12-8-9-13(23)16(10-12)27(31)32/h4-10H,3H2,1-2H3,(H,25,29)(H,26,28). The van der Waals surface area contributed by atoms with Crippen LogP contribution in [0.25, 0.3) is 0 Å². The number of anilines is 2. The number of nitro benzene ring substituents is 1. The van der Waals surface area contributed by atoms with Crippen molar-refractivity contribution in [1.82, 2.24) is 0 Å². The zero-order chi connectivity index (χ0) is 25.0. The largest absolute Gasteiger partial charge is 0.462 e. The molecule has 176 valence electrons. The number of halogens is 2. The normalized spacial score (nSPS) is 10.5. The number of nitrogens with one attached hydrogen (secondary N) is 2. The molecule has 12 heteroatoms. The van der Waals surface area contributed by atoms with Gasteiger partial charge in [0, 0.05) is 11.6 Å². The fraction of sp³-hybridized carbons (Fsp3) is 0.136. The third-order valence-corrected chi connectivity index (χ3v) is 6.11. The zero-order valence-electron chi connectivity index (χ0n) is 17.8. The number of benzene rings is 2. The molecule has 0 saturated carbocycles. The molecule has 0 aliphatic rings. The molecular weight excluding hydrogens is 489 g/mol. The smallest absolute Gasteiger partial charge is 0.341 e. The molecule has 0 aliphatic carbocycles. The Morgan fingerprint density at radius 1 is 1.15 bits per heavy atom. The van der Waals surface area contributed by atoms with Gasteiger partial charge in [-0.3, -0.25) is 19.7 Å². The van der Waals surface area contributed by atoms with E-state index in [0.29, 0.717) is 0 Å². The number of para-hydroxylation sites is 1. The maximum Gasteiger partial charge on any atom is 0.341 e. The second kappa shape index (κ2) is 10.4. The number of carbonyl (C=O) groups is 3. The van der Waals surface area contributed by atoms with Crippen LogP contribution < -0.4 is 10.6 Å². The third-order valence-electron chi connectivity index (χ3n) is 4.59. The highest BCUT2D eigenvalue weighted by Crippen LogP contribution is 2.35. The van der Waals surface area contributed by atoms with Gasteiger partial charge in [-0.15, -0.1) is 11.3 Å². The van der Waals surface area contributed by atoms with Gasteiger partial charge in [0.25, 0.3) is 17.5 Å². The van der Waals surface area contributed by atoms with Crippen LogP contribution in [0.15, 0.2) is 42.5 Å². The van der Waals surface area contributed by atoms with Crippen molar-refractivity contribution in [1.29, 1.82) is 0 Å². The van der Waals surface area contributed by atoms with E-state index in [1.807, 2.05) is 0 Å². The van der Waals surface area contributed by atoms with Crippen LogP contribution in [0.5, 0.6) is 0 Å². The van der Waals surface area contributed by atoms with Crippen LogP contribution in [0.1, 0.15) is 42.9 Å². The summed E-state index contributed by atoms with van der Waals surface area (Å²) in [6.07, 6.45) is 0. The maximum absolute atomic E-state index is 14.0. The Morgan fingerprint density at radius 2 is 1.85 bits per heavy atom. The average Bonchev–Trinajstić information content (AvgIpc) is 3.11. The van der Waals surface area contributed by atoms with E-state index in [4.69, 9.17) is 16.3 Å². The first-order chi connectivity index (χ1) is 16.1. The summed E-state index contributed by atoms with van der Waals surface area (Å²) < 4.78 is 19.0. The second-order valence-electron chi connectivity index (χ2n) is 6.79. The zero-order valence-corrected chi connectivity index (χ0v) is 19.4. The highest BCUT2D eigenvalue weighted by molar-refractivity contribution is 7.19. The Kier molecular flexibility index (Phi) is 7.59. The molecule has 0 radical (unpaired) electrons. The number of esters is 1. The van der Waals surface area contributed by atoms with Crippen LogP contribution >= 0.6 is 22.9 Å². The highest BCUT2D eigenvalue weighted by atomic mass is 35.5. The Morgan fingerprint density at radius 3 is 2.50 bits per heavy atom. The maximum atomic E-state index is 14.0. The van der Waals surface area contributed by atoms with Crippen molar-refractivity contribution < 1.29 is 28.4 Å². The molecule has 0 fully saturated rings. The number of rotatable bonds is 7. The summed E-state index contributed by atoms with van der Waals surface area (Å²) >= 11 is 6.57. The molecule has 9 nitrogen and oxygen atoms in total. The van der Waals surface area contributed by atoms with Gasteiger partial charge in [0.15, 0.2) is 0 Å². The molecule has 34 heavy (non-hydrogen) atoms. The number of amides is 2. The van der Waals surface area contributed by atoms with Gasteiger partial charge >= 0.3 is 5.97 Å². The minimum Gasteiger partial charge on any atom is -0.462 e. The molecule has 3 rings (SSSR count). The van der Waals surface area contributed by atoms with Crippen LogP contribution in [-0.4, -0.2) is 29.3 Å². The van der Waals surface area contributed by atoms with E-state index in [2.05, 4.69) is 10.6 Å². The Bertz CT molecular complexity index is 1310. The molecule has 0 spiro atoms. The summed E-state index contributed by atoms with van der Waals surface area (Å²) in [4.78, 5) is 48.6. The number of hydrogen-bond acceptors (Lipinski definition) is 7. The number of ether oxygens (including phenoxy) is 1. The van der Waals surface area contributed by atoms with E-state index in [1.54, 1.807) is 13.0 Å². The molecule has 3 aromatic rings. The van der Waals surface area contributed by atoms with Gasteiger partial charge in [0.05, 0.1) is 27.7 Å². The predicted octanol–water partition coefficient (Wildman–Crippen LogP) is 5.44. The fourth-order valence-corrected chi connectivity index (χ4v) is 4.25. The van der Waals surface area contributed by atoms with E-state index in [0.717, 1.165) is 17.4 Å². The second-order valence-corrected chi connectivity index (χ2v) is 8.22. The summed E-state index contributed by atoms with van der Waals surface area (Å²) in [5, 5.41) is 15.9. The number of hydrogen-bond donors (Lipinski definition) is 2. The van der Waals surface area contributed by atoms with Crippen LogP contribution in [0.2, 0.25) is 5.02 Å². The molecule has 2 amide bonds. The van der Waals surface area contributed by atoms with E-state index in [1.165, 1.54) is 37.3 Å². The molecule has 0 unspecified atom stereocenters. The van der Waals surface area contributed by atoms with Gasteiger partial charge in [-0.05, 0) is 43.7 Å². The topological polar surface area (TPSA) is 128 Å². The van der Waals surface area contributed by atoms with Crippen molar-refractivity contribution in [3.63, 3.8) is 0 Å². The molecule has 2 N–H and O–H groups in total. The van der Waals surface area contributed by atoms with E-state index in [-0.39, 0.29) is 43.9 Å². The van der Waals surface area contributed by atoms with Crippen molar-refractivity contribution >= 4 is 57.1 Å². The van der Waals surface area contributed by atoms with Crippen molar-refractivity contribution in [2.45, 2.75) is 13.8 Å². The quantitative estimate of drug-likeness (QED) is 0.250. The van der Waals surface area contributed by atoms with Crippen molar-refractivity contribution in [3.8, 4) is 0 Å². The fourth-order valence-electron chi connectivity index (χ4n) is 2.98. The number of nitrogens with zero attached hydrogens (tertiary/aromatic N) is 1. The third kappa shape index (κ3) is 5.21. The van der Waals surface area contributed by atoms with E-state index < -0.39 is 34.2 Å². The lowest BCUT2D eigenvalue weighted by atomic mass is 10.1. The first-order valence-electron chi connectivity index (χ1n) is 9.75. The van der Waals surface area contributed by atoms with Crippen LogP contribution in [-0.2, 0) is 4.74 Å². The molecular formula is C22H17ClFN3O6S. The predicted molar refractivity (Wildman–Crippen MR) is 125 cm³/mol. The highest BCUT2D eigenvalue weighted by Gasteiger charge is 2.28. The summed E-state index contributed by atoms with van der Waals surface area (Å²) in [7, 11) is 0. The summed E-state index contributed by atoms with van der Waals surface area (Å²) in [5.74, 6) is -2.89. The Labute approximate surface area is 201 Å². The lowest BCUT2D eigenvalue weighted by Crippen LogP contribution is -2.15. The first-order valence-corrected chi connectivity index (χ1v) is 10.9. The first kappa shape index (κ1) is 24.8. The number of carbonyl (C=O) groups excluding carboxylic acids is 3. The minimum atomic E-state index is -0.779. The van der Waals surface area contributed by atoms with Gasteiger partial charge in [-0.2, -0.15) is 0 Å². The molecule has 0 bridgehead atoms. The van der Waals surface area contributed by atoms with Crippen LogP contribution in [0.4, 0.5) is 20.8 Å².